The first-order chi connectivity index (χ1) is 18.5. The van der Waals surface area contributed by atoms with Gasteiger partial charge in [0.1, 0.15) is 15.7 Å². The normalized spacial score (nSPS) is 12.7. The summed E-state index contributed by atoms with van der Waals surface area (Å²) in [7, 11) is -2.32. The van der Waals surface area contributed by atoms with Crippen molar-refractivity contribution in [3.63, 3.8) is 0 Å². The van der Waals surface area contributed by atoms with Crippen LogP contribution in [0.3, 0.4) is 0 Å². The first-order valence-corrected chi connectivity index (χ1v) is 14.0. The third kappa shape index (κ3) is 5.63. The molecular weight excluding hydrogens is 537 g/mol. The highest BCUT2D eigenvalue weighted by molar-refractivity contribution is 7.90. The Balaban J connectivity index is 2.05. The summed E-state index contributed by atoms with van der Waals surface area (Å²) in [6.07, 6.45) is -0.579. The fourth-order valence-electron chi connectivity index (χ4n) is 4.54. The van der Waals surface area contributed by atoms with E-state index >= 15 is 0 Å². The Kier molecular flexibility index (Phi) is 8.00. The summed E-state index contributed by atoms with van der Waals surface area (Å²) in [5.74, 6) is -0.771. The maximum Gasteiger partial charge on any atom is 0.331 e. The number of halogens is 3. The van der Waals surface area contributed by atoms with Crippen molar-refractivity contribution in [2.24, 2.45) is 0 Å². The van der Waals surface area contributed by atoms with E-state index in [-0.39, 0.29) is 40.7 Å². The molecule has 1 aromatic carbocycles. The van der Waals surface area contributed by atoms with E-state index < -0.39 is 46.1 Å². The second-order valence-corrected chi connectivity index (χ2v) is 11.1. The van der Waals surface area contributed by atoms with Crippen molar-refractivity contribution in [1.82, 2.24) is 19.1 Å². The predicted molar refractivity (Wildman–Crippen MR) is 140 cm³/mol. The second-order valence-electron chi connectivity index (χ2n) is 8.89. The van der Waals surface area contributed by atoms with Gasteiger partial charge in [0, 0.05) is 23.6 Å². The van der Waals surface area contributed by atoms with E-state index in [9.17, 15) is 26.4 Å². The van der Waals surface area contributed by atoms with Crippen molar-refractivity contribution >= 4 is 21.0 Å². The zero-order chi connectivity index (χ0) is 28.5. The van der Waals surface area contributed by atoms with Crippen LogP contribution in [0.5, 0.6) is 11.6 Å². The number of hydrogen-bond donors (Lipinski definition) is 0. The van der Waals surface area contributed by atoms with Crippen LogP contribution >= 0.6 is 0 Å². The predicted octanol–water partition coefficient (Wildman–Crippen LogP) is 4.01. The highest BCUT2D eigenvalue weighted by atomic mass is 32.2. The average molecular weight is 565 g/mol. The van der Waals surface area contributed by atoms with Crippen molar-refractivity contribution in [2.75, 3.05) is 25.7 Å². The number of hydrogen-bond acceptors (Lipinski definition) is 7. The van der Waals surface area contributed by atoms with Gasteiger partial charge in [-0.3, -0.25) is 9.13 Å². The number of benzene rings is 1. The molecule has 4 aromatic rings. The SMILES string of the molecule is CCOc1nc([C@@H](CS(C)(=O)=O)n2c(=O)n(CC(F)F)c3c(C)c(-c4ccccc4F)cnc32)ccc1OC. The van der Waals surface area contributed by atoms with Crippen LogP contribution in [-0.4, -0.2) is 59.7 Å². The number of pyridine rings is 2. The number of sulfone groups is 1. The molecule has 9 nitrogen and oxygen atoms in total. The summed E-state index contributed by atoms with van der Waals surface area (Å²) < 4.78 is 79.7. The van der Waals surface area contributed by atoms with E-state index in [1.54, 1.807) is 19.9 Å². The molecule has 1 atom stereocenters. The van der Waals surface area contributed by atoms with Crippen LogP contribution in [0.15, 0.2) is 47.4 Å². The highest BCUT2D eigenvalue weighted by Gasteiger charge is 2.30. The van der Waals surface area contributed by atoms with Crippen molar-refractivity contribution in [2.45, 2.75) is 32.9 Å². The molecule has 0 spiro atoms. The topological polar surface area (TPSA) is 105 Å². The molecule has 208 valence electrons. The standard InChI is InChI=1S/C26H27F3N4O5S/c1-5-38-25-21(37-3)11-10-19(31-25)20(14-39(4,35)36)33-24-23(32(26(33)34)13-22(28)29)15(2)17(12-30-24)16-8-6-7-9-18(16)27/h6-12,20,22H,5,13-14H2,1-4H3/t20-/m1/s1. The molecule has 0 aliphatic carbocycles. The van der Waals surface area contributed by atoms with Gasteiger partial charge in [-0.05, 0) is 37.6 Å². The van der Waals surface area contributed by atoms with Crippen LogP contribution in [-0.2, 0) is 16.4 Å². The molecule has 0 saturated heterocycles. The molecule has 3 heterocycles. The first kappa shape index (κ1) is 28.1. The number of methoxy groups -OCH3 is 1. The van der Waals surface area contributed by atoms with E-state index in [0.29, 0.717) is 11.1 Å². The monoisotopic (exact) mass is 564 g/mol. The molecule has 3 aromatic heterocycles. The van der Waals surface area contributed by atoms with Gasteiger partial charge in [-0.1, -0.05) is 18.2 Å². The molecule has 0 saturated carbocycles. The lowest BCUT2D eigenvalue weighted by Crippen LogP contribution is -2.33. The highest BCUT2D eigenvalue weighted by Crippen LogP contribution is 2.33. The van der Waals surface area contributed by atoms with Gasteiger partial charge in [-0.2, -0.15) is 0 Å². The minimum Gasteiger partial charge on any atom is -0.491 e. The summed E-state index contributed by atoms with van der Waals surface area (Å²) in [5.41, 5.74) is 0.0370. The third-order valence-electron chi connectivity index (χ3n) is 6.17. The van der Waals surface area contributed by atoms with Gasteiger partial charge in [0.05, 0.1) is 43.3 Å². The van der Waals surface area contributed by atoms with Gasteiger partial charge >= 0.3 is 5.69 Å². The number of fused-ring (bicyclic) bond motifs is 1. The minimum absolute atomic E-state index is 0.0394. The molecule has 0 unspecified atom stereocenters. The summed E-state index contributed by atoms with van der Waals surface area (Å²) >= 11 is 0. The molecule has 0 aliphatic rings. The second kappa shape index (κ2) is 11.1. The lowest BCUT2D eigenvalue weighted by molar-refractivity contribution is 0.126. The lowest BCUT2D eigenvalue weighted by atomic mass is 10.0. The fourth-order valence-corrected chi connectivity index (χ4v) is 5.43. The van der Waals surface area contributed by atoms with E-state index in [0.717, 1.165) is 15.4 Å². The smallest absolute Gasteiger partial charge is 0.331 e. The van der Waals surface area contributed by atoms with Crippen molar-refractivity contribution in [3.8, 4) is 22.8 Å². The number of aryl methyl sites for hydroxylation is 1. The van der Waals surface area contributed by atoms with Crippen LogP contribution in [0, 0.1) is 12.7 Å². The summed E-state index contributed by atoms with van der Waals surface area (Å²) in [4.78, 5) is 22.5. The van der Waals surface area contributed by atoms with Gasteiger partial charge in [-0.25, -0.2) is 36.4 Å². The molecule has 13 heteroatoms. The van der Waals surface area contributed by atoms with Crippen LogP contribution in [0.1, 0.15) is 24.2 Å². The van der Waals surface area contributed by atoms with Gasteiger partial charge in [0.2, 0.25) is 0 Å². The maximum atomic E-state index is 14.6. The summed E-state index contributed by atoms with van der Waals surface area (Å²) in [6.45, 7) is 2.56. The molecule has 0 N–H and O–H groups in total. The number of alkyl halides is 2. The largest absolute Gasteiger partial charge is 0.491 e. The van der Waals surface area contributed by atoms with Crippen LogP contribution in [0.25, 0.3) is 22.3 Å². The number of rotatable bonds is 10. The molecule has 0 radical (unpaired) electrons. The van der Waals surface area contributed by atoms with Crippen LogP contribution in [0.4, 0.5) is 13.2 Å². The molecule has 0 bridgehead atoms. The number of ether oxygens (including phenoxy) is 2. The Morgan fingerprint density at radius 3 is 2.44 bits per heavy atom. The number of nitrogens with zero attached hydrogens (tertiary/aromatic N) is 4. The number of aromatic nitrogens is 4. The Morgan fingerprint density at radius 2 is 1.82 bits per heavy atom. The summed E-state index contributed by atoms with van der Waals surface area (Å²) in [6, 6.07) is 7.64. The van der Waals surface area contributed by atoms with E-state index in [1.807, 2.05) is 0 Å². The summed E-state index contributed by atoms with van der Waals surface area (Å²) in [5, 5.41) is 0. The quantitative estimate of drug-likeness (QED) is 0.287. The minimum atomic E-state index is -3.73. The molecule has 39 heavy (non-hydrogen) atoms. The number of imidazole rings is 1. The molecule has 4 rings (SSSR count). The van der Waals surface area contributed by atoms with Gasteiger partial charge in [0.15, 0.2) is 11.4 Å². The van der Waals surface area contributed by atoms with E-state index in [1.165, 1.54) is 43.6 Å². The van der Waals surface area contributed by atoms with Gasteiger partial charge < -0.3 is 9.47 Å². The Morgan fingerprint density at radius 1 is 1.10 bits per heavy atom. The lowest BCUT2D eigenvalue weighted by Gasteiger charge is -2.19. The van der Waals surface area contributed by atoms with Gasteiger partial charge in [0.25, 0.3) is 12.3 Å². The van der Waals surface area contributed by atoms with Crippen LogP contribution in [0.2, 0.25) is 0 Å². The zero-order valence-electron chi connectivity index (χ0n) is 21.7. The molecule has 0 amide bonds. The molecule has 0 aliphatic heterocycles. The van der Waals surface area contributed by atoms with Crippen molar-refractivity contribution < 1.29 is 31.1 Å². The van der Waals surface area contributed by atoms with Crippen molar-refractivity contribution in [1.29, 1.82) is 0 Å². The Labute approximate surface area is 222 Å². The zero-order valence-corrected chi connectivity index (χ0v) is 22.5. The van der Waals surface area contributed by atoms with E-state index in [4.69, 9.17) is 9.47 Å². The molecular formula is C26H27F3N4O5S. The average Bonchev–Trinajstić information content (AvgIpc) is 3.14. The van der Waals surface area contributed by atoms with Crippen molar-refractivity contribution in [3.05, 3.63) is 70.2 Å². The third-order valence-corrected chi connectivity index (χ3v) is 7.09. The fraction of sp³-hybridized carbons (Fsp3) is 0.346. The Bertz CT molecular complexity index is 1690. The molecule has 0 fully saturated rings. The van der Waals surface area contributed by atoms with Crippen LogP contribution < -0.4 is 15.2 Å². The maximum absolute atomic E-state index is 14.6. The van der Waals surface area contributed by atoms with E-state index in [2.05, 4.69) is 9.97 Å². The Hall–Kier alpha value is -3.87. The van der Waals surface area contributed by atoms with Gasteiger partial charge in [-0.15, -0.1) is 0 Å². The first-order valence-electron chi connectivity index (χ1n) is 12.0.